The van der Waals surface area contributed by atoms with E-state index in [0.717, 1.165) is 35.8 Å². The molecule has 1 atom stereocenters. The van der Waals surface area contributed by atoms with Crippen molar-refractivity contribution in [3.8, 4) is 0 Å². The average Bonchev–Trinajstić information content (AvgIpc) is 2.82. The molecule has 0 bridgehead atoms. The summed E-state index contributed by atoms with van der Waals surface area (Å²) in [6, 6.07) is 4.00. The predicted molar refractivity (Wildman–Crippen MR) is 65.3 cm³/mol. The second-order valence-electron chi connectivity index (χ2n) is 4.70. The summed E-state index contributed by atoms with van der Waals surface area (Å²) < 4.78 is 1.86. The number of rotatable bonds is 1. The van der Waals surface area contributed by atoms with E-state index in [1.54, 1.807) is 0 Å². The Hall–Kier alpha value is -1.62. The average molecular weight is 232 g/mol. The van der Waals surface area contributed by atoms with E-state index in [9.17, 15) is 5.11 Å². The Morgan fingerprint density at radius 1 is 1.29 bits per heavy atom. The molecule has 0 radical (unpaired) electrons. The number of aromatic nitrogens is 3. The van der Waals surface area contributed by atoms with Gasteiger partial charge in [-0.05, 0) is 20.3 Å². The van der Waals surface area contributed by atoms with Gasteiger partial charge < -0.3 is 10.0 Å². The minimum Gasteiger partial charge on any atom is -0.391 e. The molecule has 5 nitrogen and oxygen atoms in total. The maximum absolute atomic E-state index is 9.62. The lowest BCUT2D eigenvalue weighted by atomic mass is 10.3. The van der Waals surface area contributed by atoms with Crippen LogP contribution in [-0.2, 0) is 0 Å². The van der Waals surface area contributed by atoms with Gasteiger partial charge in [-0.3, -0.25) is 0 Å². The lowest BCUT2D eigenvalue weighted by Gasteiger charge is -2.18. The van der Waals surface area contributed by atoms with E-state index in [4.69, 9.17) is 0 Å². The standard InChI is InChI=1S/C12H16N4O/c1-8-6-12(15-4-3-10(17)7-15)16-11(13-8)5-9(2)14-16/h5-6,10,17H,3-4,7H2,1-2H3/t10-/m0/s1. The fraction of sp³-hybridized carbons (Fsp3) is 0.500. The van der Waals surface area contributed by atoms with Crippen LogP contribution in [0.15, 0.2) is 12.1 Å². The van der Waals surface area contributed by atoms with Crippen molar-refractivity contribution in [1.29, 1.82) is 0 Å². The molecule has 1 aliphatic heterocycles. The van der Waals surface area contributed by atoms with Gasteiger partial charge in [-0.1, -0.05) is 0 Å². The largest absolute Gasteiger partial charge is 0.391 e. The van der Waals surface area contributed by atoms with Crippen molar-refractivity contribution in [2.75, 3.05) is 18.0 Å². The van der Waals surface area contributed by atoms with Crippen molar-refractivity contribution in [2.24, 2.45) is 0 Å². The number of aryl methyl sites for hydroxylation is 2. The minimum absolute atomic E-state index is 0.227. The van der Waals surface area contributed by atoms with Gasteiger partial charge in [-0.2, -0.15) is 9.61 Å². The topological polar surface area (TPSA) is 53.7 Å². The zero-order chi connectivity index (χ0) is 12.0. The zero-order valence-electron chi connectivity index (χ0n) is 10.1. The van der Waals surface area contributed by atoms with E-state index in [-0.39, 0.29) is 6.10 Å². The number of aliphatic hydroxyl groups excluding tert-OH is 1. The van der Waals surface area contributed by atoms with Gasteiger partial charge in [0.25, 0.3) is 0 Å². The van der Waals surface area contributed by atoms with Gasteiger partial charge in [0.15, 0.2) is 5.65 Å². The predicted octanol–water partition coefficient (Wildman–Crippen LogP) is 0.917. The molecule has 1 fully saturated rings. The molecule has 90 valence electrons. The van der Waals surface area contributed by atoms with Crippen molar-refractivity contribution < 1.29 is 5.11 Å². The van der Waals surface area contributed by atoms with E-state index in [2.05, 4.69) is 15.0 Å². The number of hydrogen-bond acceptors (Lipinski definition) is 4. The first-order valence-corrected chi connectivity index (χ1v) is 5.90. The zero-order valence-corrected chi connectivity index (χ0v) is 10.1. The molecule has 0 spiro atoms. The third kappa shape index (κ3) is 1.76. The maximum Gasteiger partial charge on any atom is 0.157 e. The van der Waals surface area contributed by atoms with Crippen LogP contribution in [0.4, 0.5) is 5.82 Å². The Morgan fingerprint density at radius 2 is 2.12 bits per heavy atom. The molecule has 2 aromatic heterocycles. The SMILES string of the molecule is Cc1cc(N2CC[C@H](O)C2)n2nc(C)cc2n1. The number of nitrogens with zero attached hydrogens (tertiary/aromatic N) is 4. The summed E-state index contributed by atoms with van der Waals surface area (Å²) in [6.45, 7) is 5.50. The molecule has 3 rings (SSSR count). The Morgan fingerprint density at radius 3 is 2.82 bits per heavy atom. The molecule has 5 heteroatoms. The summed E-state index contributed by atoms with van der Waals surface area (Å²) in [6.07, 6.45) is 0.596. The van der Waals surface area contributed by atoms with E-state index in [1.807, 2.05) is 30.5 Å². The molecule has 1 N–H and O–H groups in total. The van der Waals surface area contributed by atoms with Crippen LogP contribution in [0.1, 0.15) is 17.8 Å². The fourth-order valence-electron chi connectivity index (χ4n) is 2.37. The van der Waals surface area contributed by atoms with Gasteiger partial charge in [-0.25, -0.2) is 4.98 Å². The molecule has 0 aromatic carbocycles. The molecule has 0 aliphatic carbocycles. The quantitative estimate of drug-likeness (QED) is 0.794. The first kappa shape index (κ1) is 10.5. The van der Waals surface area contributed by atoms with Gasteiger partial charge in [0.1, 0.15) is 5.82 Å². The summed E-state index contributed by atoms with van der Waals surface area (Å²) >= 11 is 0. The molecule has 0 unspecified atom stereocenters. The van der Waals surface area contributed by atoms with Crippen molar-refractivity contribution in [1.82, 2.24) is 14.6 Å². The Labute approximate surface area is 99.7 Å². The van der Waals surface area contributed by atoms with Gasteiger partial charge in [0.05, 0.1) is 11.8 Å². The second-order valence-corrected chi connectivity index (χ2v) is 4.70. The molecule has 0 amide bonds. The van der Waals surface area contributed by atoms with Crippen LogP contribution in [0.5, 0.6) is 0 Å². The molecule has 1 saturated heterocycles. The summed E-state index contributed by atoms with van der Waals surface area (Å²) in [5, 5.41) is 14.1. The number of fused-ring (bicyclic) bond motifs is 1. The first-order valence-electron chi connectivity index (χ1n) is 5.90. The van der Waals surface area contributed by atoms with Crippen LogP contribution >= 0.6 is 0 Å². The number of anilines is 1. The van der Waals surface area contributed by atoms with Crippen LogP contribution in [0.3, 0.4) is 0 Å². The van der Waals surface area contributed by atoms with Gasteiger partial charge in [0.2, 0.25) is 0 Å². The highest BCUT2D eigenvalue weighted by Gasteiger charge is 2.23. The summed E-state index contributed by atoms with van der Waals surface area (Å²) in [5.41, 5.74) is 2.82. The van der Waals surface area contributed by atoms with Crippen LogP contribution < -0.4 is 4.90 Å². The third-order valence-electron chi connectivity index (χ3n) is 3.15. The van der Waals surface area contributed by atoms with Crippen LogP contribution in [0.2, 0.25) is 0 Å². The molecule has 2 aromatic rings. The fourth-order valence-corrected chi connectivity index (χ4v) is 2.37. The van der Waals surface area contributed by atoms with E-state index >= 15 is 0 Å². The Kier molecular flexibility index (Phi) is 2.29. The number of β-amino-alcohol motifs (C(OH)–C–C–N with tert-alkyl or cyclic N) is 1. The molecular weight excluding hydrogens is 216 g/mol. The van der Waals surface area contributed by atoms with Crippen molar-refractivity contribution in [3.05, 3.63) is 23.5 Å². The van der Waals surface area contributed by atoms with E-state index < -0.39 is 0 Å². The van der Waals surface area contributed by atoms with Crippen molar-refractivity contribution in [2.45, 2.75) is 26.4 Å². The van der Waals surface area contributed by atoms with Crippen LogP contribution in [0, 0.1) is 13.8 Å². The highest BCUT2D eigenvalue weighted by Crippen LogP contribution is 2.22. The third-order valence-corrected chi connectivity index (χ3v) is 3.15. The van der Waals surface area contributed by atoms with Crippen LogP contribution in [0.25, 0.3) is 5.65 Å². The van der Waals surface area contributed by atoms with Crippen molar-refractivity contribution >= 4 is 11.5 Å². The first-order chi connectivity index (χ1) is 8.13. The highest BCUT2D eigenvalue weighted by atomic mass is 16.3. The van der Waals surface area contributed by atoms with Crippen molar-refractivity contribution in [3.63, 3.8) is 0 Å². The van der Waals surface area contributed by atoms with Gasteiger partial charge in [0, 0.05) is 30.9 Å². The lowest BCUT2D eigenvalue weighted by molar-refractivity contribution is 0.198. The summed E-state index contributed by atoms with van der Waals surface area (Å²) in [7, 11) is 0. The molecular formula is C12H16N4O. The molecule has 1 aliphatic rings. The smallest absolute Gasteiger partial charge is 0.157 e. The highest BCUT2D eigenvalue weighted by molar-refractivity contribution is 5.52. The minimum atomic E-state index is -0.227. The lowest BCUT2D eigenvalue weighted by Crippen LogP contribution is -2.24. The summed E-state index contributed by atoms with van der Waals surface area (Å²) in [5.74, 6) is 1.03. The molecule has 17 heavy (non-hydrogen) atoms. The molecule has 3 heterocycles. The monoisotopic (exact) mass is 232 g/mol. The van der Waals surface area contributed by atoms with E-state index in [1.165, 1.54) is 0 Å². The van der Waals surface area contributed by atoms with Gasteiger partial charge >= 0.3 is 0 Å². The number of aliphatic hydroxyl groups is 1. The maximum atomic E-state index is 9.62. The Balaban J connectivity index is 2.14. The normalized spacial score (nSPS) is 20.4. The van der Waals surface area contributed by atoms with Crippen LogP contribution in [-0.4, -0.2) is 38.9 Å². The van der Waals surface area contributed by atoms with E-state index in [0.29, 0.717) is 6.54 Å². The number of hydrogen-bond donors (Lipinski definition) is 1. The second kappa shape index (κ2) is 3.70. The Bertz CT molecular complexity index is 563. The molecule has 0 saturated carbocycles. The summed E-state index contributed by atoms with van der Waals surface area (Å²) in [4.78, 5) is 6.62. The van der Waals surface area contributed by atoms with Gasteiger partial charge in [-0.15, -0.1) is 0 Å².